The van der Waals surface area contributed by atoms with Crippen LogP contribution in [-0.2, 0) is 88.6 Å². The maximum Gasteiger partial charge on any atom is 4.00 e. The summed E-state index contributed by atoms with van der Waals surface area (Å²) in [6, 6.07) is 0. The van der Waals surface area contributed by atoms with Crippen molar-refractivity contribution in [1.82, 2.24) is 0 Å². The van der Waals surface area contributed by atoms with Gasteiger partial charge < -0.3 is 69.5 Å². The molecule has 0 spiro atoms. The third-order valence-corrected chi connectivity index (χ3v) is 18.0. The number of rotatable bonds is 72. The van der Waals surface area contributed by atoms with Gasteiger partial charge >= 0.3 is 47.8 Å². The van der Waals surface area contributed by atoms with Crippen LogP contribution in [0.5, 0.6) is 0 Å². The monoisotopic (exact) mass is 1490 g/mol. The Hall–Kier alpha value is 0.0787. The predicted octanol–water partition coefficient (Wildman–Crippen LogP) is 25.0. The molecule has 0 N–H and O–H groups in total. The van der Waals surface area contributed by atoms with Crippen molar-refractivity contribution in [3.63, 3.8) is 0 Å². The van der Waals surface area contributed by atoms with Crippen molar-refractivity contribution in [2.75, 3.05) is 49.4 Å². The molecule has 13 heteroatoms. The topological polar surface area (TPSA) is 105 Å². The second-order valence-corrected chi connectivity index (χ2v) is 28.1. The van der Waals surface area contributed by atoms with Crippen molar-refractivity contribution in [2.45, 2.75) is 439 Å². The van der Waals surface area contributed by atoms with E-state index in [1.165, 1.54) is 334 Å². The number of hydrogen-bond acceptors (Lipinski definition) is 12. The van der Waals surface area contributed by atoms with Gasteiger partial charge in [0.1, 0.15) is 0 Å². The van der Waals surface area contributed by atoms with E-state index < -0.39 is 0 Å². The Morgan fingerprint density at radius 2 is 0.280 bits per heavy atom. The Morgan fingerprint density at radius 1 is 0.183 bits per heavy atom. The fraction of sp³-hybridized carbons (Fsp3) is 0.950. The summed E-state index contributed by atoms with van der Waals surface area (Å²) < 4.78 is 19.9. The van der Waals surface area contributed by atoms with Gasteiger partial charge in [0.2, 0.25) is 0 Å². The first-order valence-electron chi connectivity index (χ1n) is 40.2. The molecule has 0 heterocycles. The van der Waals surface area contributed by atoms with Gasteiger partial charge in [-0.15, -0.1) is 23.0 Å². The van der Waals surface area contributed by atoms with E-state index in [0.29, 0.717) is 75.1 Å². The molecule has 0 aliphatic carbocycles. The Balaban J connectivity index is -0.000000369. The second kappa shape index (κ2) is 98.5. The number of carbonyl (C=O) groups excluding carboxylic acids is 4. The average Bonchev–Trinajstić information content (AvgIpc) is 3.57. The molecule has 0 aliphatic heterocycles. The quantitative estimate of drug-likeness (QED) is 0.0190. The normalized spacial score (nSPS) is 10.8. The first kappa shape index (κ1) is 102. The van der Waals surface area contributed by atoms with Crippen LogP contribution in [0, 0.1) is 0 Å². The molecular formula is C80H156O8S4Sn. The van der Waals surface area contributed by atoms with Crippen molar-refractivity contribution in [2.24, 2.45) is 0 Å². The van der Waals surface area contributed by atoms with Crippen molar-refractivity contribution in [3.05, 3.63) is 0 Å². The summed E-state index contributed by atoms with van der Waals surface area (Å²) in [5, 5.41) is 0. The molecule has 0 bridgehead atoms. The molecule has 0 fully saturated rings. The number of carbonyl (C=O) groups is 4. The van der Waals surface area contributed by atoms with Gasteiger partial charge in [0, 0.05) is 25.7 Å². The number of esters is 4. The molecule has 0 saturated carbocycles. The van der Waals surface area contributed by atoms with Crippen molar-refractivity contribution in [3.8, 4) is 0 Å². The van der Waals surface area contributed by atoms with Gasteiger partial charge in [-0.05, 0) is 25.7 Å². The summed E-state index contributed by atoms with van der Waals surface area (Å²) in [4.78, 5) is 45.1. The Kier molecular flexibility index (Phi) is 108. The molecule has 0 atom stereocenters. The zero-order valence-electron chi connectivity index (χ0n) is 62.3. The van der Waals surface area contributed by atoms with Gasteiger partial charge in [0.15, 0.2) is 0 Å². The van der Waals surface area contributed by atoms with Gasteiger partial charge in [0.25, 0.3) is 0 Å². The maximum atomic E-state index is 11.3. The van der Waals surface area contributed by atoms with Crippen molar-refractivity contribution in [1.29, 1.82) is 0 Å². The van der Waals surface area contributed by atoms with Crippen molar-refractivity contribution < 1.29 is 38.1 Å². The Bertz CT molecular complexity index is 1180. The number of ether oxygens (including phenoxy) is 4. The minimum atomic E-state index is -0.0791. The van der Waals surface area contributed by atoms with E-state index in [1.54, 1.807) is 0 Å². The number of unbranched alkanes of at least 4 members (excludes halogenated alkanes) is 56. The Morgan fingerprint density at radius 3 is 0.376 bits per heavy atom. The third-order valence-electron chi connectivity index (χ3n) is 17.3. The van der Waals surface area contributed by atoms with Crippen LogP contribution in [0.1, 0.15) is 439 Å². The summed E-state index contributed by atoms with van der Waals surface area (Å²) >= 11 is 19.0. The molecule has 0 rings (SSSR count). The van der Waals surface area contributed by atoms with E-state index >= 15 is 0 Å². The van der Waals surface area contributed by atoms with Crippen molar-refractivity contribution >= 4 is 98.3 Å². The van der Waals surface area contributed by atoms with Crippen LogP contribution < -0.4 is 0 Å². The predicted molar refractivity (Wildman–Crippen MR) is 417 cm³/mol. The fourth-order valence-corrected chi connectivity index (χ4v) is 11.8. The summed E-state index contributed by atoms with van der Waals surface area (Å²) in [5.74, 6) is 1.70. The van der Waals surface area contributed by atoms with Crippen LogP contribution in [0.4, 0.5) is 0 Å². The fourth-order valence-electron chi connectivity index (χ4n) is 11.5. The van der Waals surface area contributed by atoms with Crippen LogP contribution in [0.25, 0.3) is 0 Å². The van der Waals surface area contributed by atoms with Crippen LogP contribution in [0.15, 0.2) is 0 Å². The molecule has 0 saturated heterocycles. The molecule has 552 valence electrons. The standard InChI is InChI=1S/4C20H40O2S.Sn/c4*1-2-3-4-5-6-7-8-9-10-11-12-13-14-15-16-17-20(21)22-18-19-23;/h4*23H,2-19H2,1H3;/q;;;;+4/p-4. The molecule has 0 aromatic heterocycles. The van der Waals surface area contributed by atoms with Crippen LogP contribution in [0.2, 0.25) is 0 Å². The largest absolute Gasteiger partial charge is 4.00 e. The second-order valence-electron chi connectivity index (χ2n) is 26.5. The maximum absolute atomic E-state index is 11.3. The van der Waals surface area contributed by atoms with Gasteiger partial charge in [0.05, 0.1) is 26.4 Å². The van der Waals surface area contributed by atoms with E-state index in [2.05, 4.69) is 27.7 Å². The van der Waals surface area contributed by atoms with E-state index in [-0.39, 0.29) is 47.8 Å². The average molecular weight is 1490 g/mol. The molecule has 0 aliphatic rings. The van der Waals surface area contributed by atoms with Gasteiger partial charge in [-0.2, -0.15) is 0 Å². The summed E-state index contributed by atoms with van der Waals surface area (Å²) in [5.41, 5.74) is 0. The van der Waals surface area contributed by atoms with Gasteiger partial charge in [-0.3, -0.25) is 19.2 Å². The SMILES string of the molecule is CCCCCCCCCCCCCCCCCC(=O)OCC[S-].CCCCCCCCCCCCCCCCCC(=O)OCC[S-].CCCCCCCCCCCCCCCCCC(=O)OCC[S-].CCCCCCCCCCCCCCCCCC(=O)OCC[S-].[Sn+4]. The summed E-state index contributed by atoms with van der Waals surface area (Å²) in [7, 11) is 0. The minimum absolute atomic E-state index is 0. The van der Waals surface area contributed by atoms with E-state index in [0.717, 1.165) is 51.4 Å². The molecule has 0 amide bonds. The van der Waals surface area contributed by atoms with Gasteiger partial charge in [-0.25, -0.2) is 0 Å². The van der Waals surface area contributed by atoms with E-state index in [4.69, 9.17) is 69.5 Å². The first-order chi connectivity index (χ1) is 45.2. The first-order valence-corrected chi connectivity index (χ1v) is 42.5. The molecule has 0 radical (unpaired) electrons. The summed E-state index contributed by atoms with van der Waals surface area (Å²) in [6.07, 6.45) is 83.0. The van der Waals surface area contributed by atoms with E-state index in [9.17, 15) is 19.2 Å². The molecule has 0 unspecified atom stereocenters. The van der Waals surface area contributed by atoms with E-state index in [1.807, 2.05) is 0 Å². The van der Waals surface area contributed by atoms with Crippen LogP contribution in [0.3, 0.4) is 0 Å². The zero-order valence-corrected chi connectivity index (χ0v) is 68.4. The van der Waals surface area contributed by atoms with Gasteiger partial charge in [-0.1, -0.05) is 387 Å². The number of hydrogen-bond donors (Lipinski definition) is 0. The zero-order chi connectivity index (χ0) is 68.0. The third kappa shape index (κ3) is 106. The summed E-state index contributed by atoms with van der Waals surface area (Å²) in [6.45, 7) is 10.7. The molecule has 0 aromatic carbocycles. The molecule has 0 aromatic rings. The van der Waals surface area contributed by atoms with Crippen LogP contribution in [-0.4, -0.2) is 97.2 Å². The smallest absolute Gasteiger partial charge is 0.789 e. The molecule has 8 nitrogen and oxygen atoms in total. The minimum Gasteiger partial charge on any atom is -0.789 e. The molecule has 93 heavy (non-hydrogen) atoms. The van der Waals surface area contributed by atoms with Crippen LogP contribution >= 0.6 is 0 Å². The molecular weight excluding hydrogens is 1340 g/mol. The Labute approximate surface area is 619 Å².